The molecule has 0 atom stereocenters. The maximum atomic E-state index is 11.5. The number of carbonyl (C=O) groups is 2. The molecule has 0 aromatic carbocycles. The number of rotatable bonds is 12. The van der Waals surface area contributed by atoms with Crippen molar-refractivity contribution in [2.75, 3.05) is 26.8 Å². The Balaban J connectivity index is 4.11. The molecule has 0 aliphatic rings. The predicted octanol–water partition coefficient (Wildman–Crippen LogP) is -1.57. The molecular formula is C11H24N2O10P2. The van der Waals surface area contributed by atoms with Gasteiger partial charge in [0.05, 0.1) is 13.2 Å². The first kappa shape index (κ1) is 24.2. The van der Waals surface area contributed by atoms with Crippen LogP contribution in [0.25, 0.3) is 0 Å². The van der Waals surface area contributed by atoms with Gasteiger partial charge in [-0.25, -0.2) is 0 Å². The van der Waals surface area contributed by atoms with Gasteiger partial charge in [-0.1, -0.05) is 0 Å². The van der Waals surface area contributed by atoms with E-state index in [1.165, 1.54) is 7.05 Å². The summed E-state index contributed by atoms with van der Waals surface area (Å²) in [6.07, 6.45) is -1.04. The van der Waals surface area contributed by atoms with Crippen LogP contribution in [0.2, 0.25) is 0 Å². The molecule has 0 heterocycles. The van der Waals surface area contributed by atoms with E-state index in [1.54, 1.807) is 0 Å². The average Bonchev–Trinajstić information content (AvgIpc) is 2.48. The first-order chi connectivity index (χ1) is 11.3. The van der Waals surface area contributed by atoms with Gasteiger partial charge in [-0.2, -0.15) is 0 Å². The molecule has 0 aliphatic heterocycles. The maximum Gasteiger partial charge on any atom is 0.369 e. The van der Waals surface area contributed by atoms with Crippen LogP contribution >= 0.6 is 15.2 Å². The minimum Gasteiger partial charge on any atom is -0.380 e. The molecule has 0 aromatic heterocycles. The van der Waals surface area contributed by atoms with Crippen molar-refractivity contribution in [2.45, 2.75) is 30.8 Å². The van der Waals surface area contributed by atoms with E-state index in [4.69, 9.17) is 24.3 Å². The molecule has 2 amide bonds. The van der Waals surface area contributed by atoms with Gasteiger partial charge in [0.15, 0.2) is 0 Å². The van der Waals surface area contributed by atoms with Gasteiger partial charge in [-0.15, -0.1) is 0 Å². The van der Waals surface area contributed by atoms with E-state index in [1.807, 2.05) is 0 Å². The molecule has 0 unspecified atom stereocenters. The Bertz CT molecular complexity index is 521. The molecule has 0 saturated heterocycles. The summed E-state index contributed by atoms with van der Waals surface area (Å²) >= 11 is 0. The molecule has 0 spiro atoms. The highest BCUT2D eigenvalue weighted by Crippen LogP contribution is 2.69. The van der Waals surface area contributed by atoms with Crippen molar-refractivity contribution in [3.63, 3.8) is 0 Å². The summed E-state index contributed by atoms with van der Waals surface area (Å²) in [6, 6.07) is 0. The molecule has 0 aliphatic carbocycles. The Labute approximate surface area is 144 Å². The zero-order valence-corrected chi connectivity index (χ0v) is 15.4. The van der Waals surface area contributed by atoms with E-state index < -0.39 is 32.6 Å². The van der Waals surface area contributed by atoms with Crippen molar-refractivity contribution >= 4 is 27.0 Å². The number of hydrogen-bond acceptors (Lipinski definition) is 6. The molecule has 0 aromatic rings. The highest BCUT2D eigenvalue weighted by Gasteiger charge is 2.58. The summed E-state index contributed by atoms with van der Waals surface area (Å²) in [6.45, 7) is 0.0433. The molecule has 0 saturated carbocycles. The topological polar surface area (TPSA) is 203 Å². The van der Waals surface area contributed by atoms with E-state index in [9.17, 15) is 23.8 Å². The van der Waals surface area contributed by atoms with Crippen LogP contribution in [0.15, 0.2) is 0 Å². The Kier molecular flexibility index (Phi) is 10.00. The van der Waals surface area contributed by atoms with Crippen molar-refractivity contribution in [3.05, 3.63) is 0 Å². The molecule has 7 N–H and O–H groups in total. The van der Waals surface area contributed by atoms with E-state index in [2.05, 4.69) is 10.6 Å². The lowest BCUT2D eigenvalue weighted by molar-refractivity contribution is -0.122. The van der Waals surface area contributed by atoms with E-state index >= 15 is 0 Å². The molecule has 0 bridgehead atoms. The van der Waals surface area contributed by atoms with Gasteiger partial charge in [-0.3, -0.25) is 18.7 Å². The van der Waals surface area contributed by atoms with Crippen molar-refractivity contribution in [3.8, 4) is 0 Å². The van der Waals surface area contributed by atoms with Crippen LogP contribution in [0.5, 0.6) is 0 Å². The lowest BCUT2D eigenvalue weighted by Crippen LogP contribution is -2.31. The smallest absolute Gasteiger partial charge is 0.369 e. The van der Waals surface area contributed by atoms with Crippen LogP contribution in [-0.2, 0) is 23.5 Å². The van der Waals surface area contributed by atoms with Crippen LogP contribution in [0, 0.1) is 0 Å². The van der Waals surface area contributed by atoms with Gasteiger partial charge < -0.3 is 40.1 Å². The number of carbonyl (C=O) groups excluding carboxylic acids is 2. The molecule has 12 nitrogen and oxygen atoms in total. The Morgan fingerprint density at radius 3 is 1.92 bits per heavy atom. The Morgan fingerprint density at radius 2 is 1.48 bits per heavy atom. The van der Waals surface area contributed by atoms with Crippen molar-refractivity contribution in [1.29, 1.82) is 0 Å². The lowest BCUT2D eigenvalue weighted by Gasteiger charge is -2.29. The normalized spacial score (nSPS) is 12.7. The van der Waals surface area contributed by atoms with Crippen LogP contribution in [0.3, 0.4) is 0 Å². The van der Waals surface area contributed by atoms with Gasteiger partial charge in [0.2, 0.25) is 11.8 Å². The third kappa shape index (κ3) is 8.39. The van der Waals surface area contributed by atoms with Crippen LogP contribution in [0.4, 0.5) is 0 Å². The van der Waals surface area contributed by atoms with Crippen LogP contribution in [0.1, 0.15) is 25.7 Å². The average molecular weight is 406 g/mol. The van der Waals surface area contributed by atoms with Crippen molar-refractivity contribution in [1.82, 2.24) is 10.6 Å². The Morgan fingerprint density at radius 1 is 1.00 bits per heavy atom. The highest BCUT2D eigenvalue weighted by molar-refractivity contribution is 7.72. The van der Waals surface area contributed by atoms with E-state index in [-0.39, 0.29) is 44.9 Å². The summed E-state index contributed by atoms with van der Waals surface area (Å²) in [4.78, 5) is 58.1. The fourth-order valence-corrected chi connectivity index (χ4v) is 3.92. The van der Waals surface area contributed by atoms with Gasteiger partial charge in [0, 0.05) is 32.9 Å². The maximum absolute atomic E-state index is 11.5. The molecule has 14 heteroatoms. The quantitative estimate of drug-likeness (QED) is 0.146. The highest BCUT2D eigenvalue weighted by atomic mass is 31.2. The predicted molar refractivity (Wildman–Crippen MR) is 85.4 cm³/mol. The molecule has 0 fully saturated rings. The van der Waals surface area contributed by atoms with Gasteiger partial charge in [0.25, 0.3) is 5.08 Å². The van der Waals surface area contributed by atoms with Crippen LogP contribution < -0.4 is 10.6 Å². The fraction of sp³-hybridized carbons (Fsp3) is 0.818. The monoisotopic (exact) mass is 406 g/mol. The molecule has 148 valence electrons. The van der Waals surface area contributed by atoms with Crippen molar-refractivity contribution < 1.29 is 48.1 Å². The van der Waals surface area contributed by atoms with Gasteiger partial charge >= 0.3 is 15.2 Å². The summed E-state index contributed by atoms with van der Waals surface area (Å²) in [7, 11) is -9.48. The first-order valence-corrected chi connectivity index (χ1v) is 10.5. The fourth-order valence-electron chi connectivity index (χ4n) is 1.66. The SMILES string of the molecule is CNC(=O)CCOCCC(=O)NCCCC(O)(P(=O)(O)O)P(=O)(O)O. The van der Waals surface area contributed by atoms with Gasteiger partial charge in [0.1, 0.15) is 0 Å². The summed E-state index contributed by atoms with van der Waals surface area (Å²) in [5.41, 5.74) is 0. The molecular weight excluding hydrogens is 382 g/mol. The number of ether oxygens (including phenoxy) is 1. The summed E-state index contributed by atoms with van der Waals surface area (Å²) in [5.74, 6) is -0.664. The lowest BCUT2D eigenvalue weighted by atomic mass is 10.3. The summed E-state index contributed by atoms with van der Waals surface area (Å²) in [5, 5.41) is 10.9. The van der Waals surface area contributed by atoms with Crippen molar-refractivity contribution in [2.24, 2.45) is 0 Å². The summed E-state index contributed by atoms with van der Waals surface area (Å²) < 4.78 is 27.3. The van der Waals surface area contributed by atoms with Gasteiger partial charge in [-0.05, 0) is 6.42 Å². The first-order valence-electron chi connectivity index (χ1n) is 7.24. The largest absolute Gasteiger partial charge is 0.380 e. The number of nitrogens with one attached hydrogen (secondary N) is 2. The standard InChI is InChI=1S/C11H24N2O10P2/c1-12-9(14)3-7-23-8-4-10(15)13-6-2-5-11(16,24(17,18)19)25(20,21)22/h16H,2-8H2,1H3,(H,12,14)(H,13,15)(H2,17,18,19)(H2,20,21,22). The molecule has 0 rings (SSSR count). The second-order valence-electron chi connectivity index (χ2n) is 5.10. The molecule has 0 radical (unpaired) electrons. The number of amides is 2. The zero-order valence-electron chi connectivity index (χ0n) is 13.6. The third-order valence-electron chi connectivity index (χ3n) is 3.17. The number of hydrogen-bond donors (Lipinski definition) is 7. The minimum absolute atomic E-state index is 0.0327. The minimum atomic E-state index is -5.48. The van der Waals surface area contributed by atoms with Crippen LogP contribution in [-0.4, -0.2) is 68.4 Å². The zero-order chi connectivity index (χ0) is 19.7. The number of aliphatic hydroxyl groups is 1. The second-order valence-corrected chi connectivity index (χ2v) is 9.11. The third-order valence-corrected chi connectivity index (χ3v) is 7.05. The second kappa shape index (κ2) is 10.3. The van der Waals surface area contributed by atoms with E-state index in [0.29, 0.717) is 0 Å². The van der Waals surface area contributed by atoms with E-state index in [0.717, 1.165) is 0 Å². The Hall–Kier alpha value is -0.840. The molecule has 25 heavy (non-hydrogen) atoms.